The minimum Gasteiger partial charge on any atom is -0.450 e. The van der Waals surface area contributed by atoms with Gasteiger partial charge in [0.25, 0.3) is 0 Å². The average Bonchev–Trinajstić information content (AvgIpc) is 3.11. The average molecular weight is 448 g/mol. The Morgan fingerprint density at radius 3 is 2.44 bits per heavy atom. The van der Waals surface area contributed by atoms with Gasteiger partial charge in [-0.2, -0.15) is 0 Å². The quantitative estimate of drug-likeness (QED) is 0.694. The van der Waals surface area contributed by atoms with Crippen LogP contribution in [0.25, 0.3) is 0 Å². The van der Waals surface area contributed by atoms with Crippen LogP contribution in [0, 0.1) is 5.82 Å². The fraction of sp³-hybridized carbons (Fsp3) is 0.667. The van der Waals surface area contributed by atoms with Gasteiger partial charge in [0.1, 0.15) is 5.82 Å². The zero-order valence-electron chi connectivity index (χ0n) is 19.1. The van der Waals surface area contributed by atoms with Crippen molar-refractivity contribution >= 4 is 17.9 Å². The number of hydrogen-bond acceptors (Lipinski definition) is 5. The molecule has 32 heavy (non-hydrogen) atoms. The van der Waals surface area contributed by atoms with Crippen LogP contribution in [0.3, 0.4) is 0 Å². The van der Waals surface area contributed by atoms with E-state index < -0.39 is 0 Å². The number of ether oxygens (including phenoxy) is 2. The van der Waals surface area contributed by atoms with Crippen LogP contribution in [0.2, 0.25) is 0 Å². The predicted octanol–water partition coefficient (Wildman–Crippen LogP) is 4.15. The Morgan fingerprint density at radius 2 is 1.78 bits per heavy atom. The summed E-state index contributed by atoms with van der Waals surface area (Å²) in [4.78, 5) is 30.6. The van der Waals surface area contributed by atoms with Gasteiger partial charge in [-0.15, -0.1) is 0 Å². The van der Waals surface area contributed by atoms with Crippen molar-refractivity contribution in [3.8, 4) is 0 Å². The first-order valence-corrected chi connectivity index (χ1v) is 11.9. The molecular weight excluding hydrogens is 413 g/mol. The second-order valence-corrected chi connectivity index (χ2v) is 9.10. The number of anilines is 1. The Morgan fingerprint density at radius 1 is 1.06 bits per heavy atom. The molecule has 3 aliphatic heterocycles. The molecule has 1 spiro atoms. The molecule has 2 fully saturated rings. The number of piperidine rings is 2. The Labute approximate surface area is 189 Å². The van der Waals surface area contributed by atoms with Crippen molar-refractivity contribution < 1.29 is 23.5 Å². The van der Waals surface area contributed by atoms with Crippen LogP contribution in [-0.4, -0.2) is 74.0 Å². The lowest BCUT2D eigenvalue weighted by atomic mass is 9.74. The summed E-state index contributed by atoms with van der Waals surface area (Å²) in [6.45, 7) is 8.36. The van der Waals surface area contributed by atoms with Gasteiger partial charge >= 0.3 is 12.2 Å². The molecule has 1 aromatic rings. The van der Waals surface area contributed by atoms with E-state index in [-0.39, 0.29) is 23.4 Å². The summed E-state index contributed by atoms with van der Waals surface area (Å²) < 4.78 is 24.7. The molecule has 0 radical (unpaired) electrons. The number of fused-ring (bicyclic) bond motifs is 2. The number of hydrogen-bond donors (Lipinski definition) is 0. The van der Waals surface area contributed by atoms with Crippen molar-refractivity contribution in [1.29, 1.82) is 0 Å². The zero-order valence-corrected chi connectivity index (χ0v) is 19.1. The van der Waals surface area contributed by atoms with Gasteiger partial charge < -0.3 is 19.3 Å². The van der Waals surface area contributed by atoms with Gasteiger partial charge in [0, 0.05) is 31.1 Å². The standard InChI is InChI=1S/C24H34FN3O4/c1-3-15-32-23(30)28-17-24(20-16-18(25)5-6-21(20)28)9-13-26(14-10-24)19-7-11-27(12-8-19)22(29)31-4-2/h5-6,16,19H,3-4,7-15,17H2,1-2H3. The highest BCUT2D eigenvalue weighted by atomic mass is 19.1. The maximum atomic E-state index is 14.2. The molecule has 0 aliphatic carbocycles. The minimum absolute atomic E-state index is 0.219. The van der Waals surface area contributed by atoms with E-state index in [2.05, 4.69) is 4.90 Å². The van der Waals surface area contributed by atoms with Crippen LogP contribution in [-0.2, 0) is 14.9 Å². The lowest BCUT2D eigenvalue weighted by molar-refractivity contribution is 0.0577. The van der Waals surface area contributed by atoms with Crippen molar-refractivity contribution in [3.05, 3.63) is 29.6 Å². The fourth-order valence-electron chi connectivity index (χ4n) is 5.44. The Bertz CT molecular complexity index is 833. The molecule has 1 aromatic carbocycles. The smallest absolute Gasteiger partial charge is 0.414 e. The molecule has 3 heterocycles. The number of carbonyl (C=O) groups is 2. The van der Waals surface area contributed by atoms with Crippen LogP contribution >= 0.6 is 0 Å². The number of nitrogens with zero attached hydrogens (tertiary/aromatic N) is 3. The Balaban J connectivity index is 1.41. The van der Waals surface area contributed by atoms with E-state index >= 15 is 0 Å². The van der Waals surface area contributed by atoms with Crippen molar-refractivity contribution in [2.75, 3.05) is 50.8 Å². The monoisotopic (exact) mass is 447 g/mol. The molecule has 0 bridgehead atoms. The third-order valence-electron chi connectivity index (χ3n) is 7.19. The number of halogens is 1. The molecule has 0 atom stereocenters. The van der Waals surface area contributed by atoms with Crippen molar-refractivity contribution in [2.45, 2.75) is 57.4 Å². The summed E-state index contributed by atoms with van der Waals surface area (Å²) in [5.41, 5.74) is 1.48. The first-order chi connectivity index (χ1) is 15.5. The number of benzene rings is 1. The molecule has 2 saturated heterocycles. The van der Waals surface area contributed by atoms with Crippen molar-refractivity contribution in [3.63, 3.8) is 0 Å². The van der Waals surface area contributed by atoms with Gasteiger partial charge in [-0.1, -0.05) is 6.92 Å². The first kappa shape index (κ1) is 22.8. The lowest BCUT2D eigenvalue weighted by Gasteiger charge is -2.45. The maximum Gasteiger partial charge on any atom is 0.414 e. The van der Waals surface area contributed by atoms with E-state index in [1.807, 2.05) is 13.8 Å². The third kappa shape index (κ3) is 4.42. The Kier molecular flexibility index (Phi) is 6.88. The van der Waals surface area contributed by atoms with E-state index in [0.29, 0.717) is 25.8 Å². The van der Waals surface area contributed by atoms with Gasteiger partial charge in [-0.25, -0.2) is 14.0 Å². The summed E-state index contributed by atoms with van der Waals surface area (Å²) in [6.07, 6.45) is 3.83. The lowest BCUT2D eigenvalue weighted by Crippen LogP contribution is -2.52. The van der Waals surface area contributed by atoms with Crippen LogP contribution in [0.5, 0.6) is 0 Å². The van der Waals surface area contributed by atoms with Crippen LogP contribution in [0.1, 0.15) is 51.5 Å². The highest BCUT2D eigenvalue weighted by Gasteiger charge is 2.47. The third-order valence-corrected chi connectivity index (χ3v) is 7.19. The van der Waals surface area contributed by atoms with Crippen LogP contribution in [0.4, 0.5) is 19.7 Å². The highest BCUT2D eigenvalue weighted by molar-refractivity contribution is 5.91. The second-order valence-electron chi connectivity index (χ2n) is 9.10. The molecule has 8 heteroatoms. The Hall–Kier alpha value is -2.35. The molecule has 176 valence electrons. The molecule has 0 unspecified atom stereocenters. The zero-order chi connectivity index (χ0) is 22.7. The summed E-state index contributed by atoms with van der Waals surface area (Å²) in [6, 6.07) is 5.18. The molecule has 4 rings (SSSR count). The summed E-state index contributed by atoms with van der Waals surface area (Å²) in [7, 11) is 0. The van der Waals surface area contributed by atoms with E-state index in [4.69, 9.17) is 9.47 Å². The van der Waals surface area contributed by atoms with Gasteiger partial charge in [-0.3, -0.25) is 4.90 Å². The van der Waals surface area contributed by atoms with Gasteiger partial charge in [-0.05, 0) is 75.9 Å². The minimum atomic E-state index is -0.342. The van der Waals surface area contributed by atoms with Gasteiger partial charge in [0.15, 0.2) is 0 Å². The SMILES string of the molecule is CCCOC(=O)N1CC2(CCN(C3CCN(C(=O)OCC)CC3)CC2)c2cc(F)ccc21. The van der Waals surface area contributed by atoms with Gasteiger partial charge in [0.05, 0.1) is 18.9 Å². The predicted molar refractivity (Wildman–Crippen MR) is 119 cm³/mol. The van der Waals surface area contributed by atoms with Crippen LogP contribution < -0.4 is 4.90 Å². The molecule has 7 nitrogen and oxygen atoms in total. The van der Waals surface area contributed by atoms with Crippen molar-refractivity contribution in [2.24, 2.45) is 0 Å². The van der Waals surface area contributed by atoms with E-state index in [9.17, 15) is 14.0 Å². The number of likely N-dealkylation sites (tertiary alicyclic amines) is 2. The highest BCUT2D eigenvalue weighted by Crippen LogP contribution is 2.48. The van der Waals surface area contributed by atoms with Crippen molar-refractivity contribution in [1.82, 2.24) is 9.80 Å². The summed E-state index contributed by atoms with van der Waals surface area (Å²) in [5.74, 6) is -0.263. The summed E-state index contributed by atoms with van der Waals surface area (Å²) >= 11 is 0. The van der Waals surface area contributed by atoms with E-state index in [1.165, 1.54) is 6.07 Å². The topological polar surface area (TPSA) is 62.3 Å². The van der Waals surface area contributed by atoms with E-state index in [0.717, 1.165) is 69.5 Å². The maximum absolute atomic E-state index is 14.2. The van der Waals surface area contributed by atoms with Crippen LogP contribution in [0.15, 0.2) is 18.2 Å². The molecule has 0 saturated carbocycles. The largest absolute Gasteiger partial charge is 0.450 e. The number of carbonyl (C=O) groups excluding carboxylic acids is 2. The summed E-state index contributed by atoms with van der Waals surface area (Å²) in [5, 5.41) is 0. The van der Waals surface area contributed by atoms with Gasteiger partial charge in [0.2, 0.25) is 0 Å². The molecule has 3 aliphatic rings. The molecule has 0 N–H and O–H groups in total. The normalized spacial score (nSPS) is 21.0. The second kappa shape index (κ2) is 9.65. The first-order valence-electron chi connectivity index (χ1n) is 11.9. The number of amides is 2. The van der Waals surface area contributed by atoms with E-state index in [1.54, 1.807) is 21.9 Å². The molecular formula is C24H34FN3O4. The fourth-order valence-corrected chi connectivity index (χ4v) is 5.44. The molecule has 2 amide bonds. The number of rotatable bonds is 4. The molecule has 0 aromatic heterocycles.